The lowest BCUT2D eigenvalue weighted by atomic mass is 9.94. The zero-order valence-electron chi connectivity index (χ0n) is 21.4. The molecule has 0 spiro atoms. The van der Waals surface area contributed by atoms with Crippen LogP contribution in [0.5, 0.6) is 0 Å². The Bertz CT molecular complexity index is 1180. The van der Waals surface area contributed by atoms with E-state index in [-0.39, 0.29) is 4.90 Å². The molecule has 0 saturated heterocycles. The lowest BCUT2D eigenvalue weighted by molar-refractivity contribution is 0.0803. The third kappa shape index (κ3) is 4.74. The fourth-order valence-electron chi connectivity index (χ4n) is 5.57. The van der Waals surface area contributed by atoms with E-state index < -0.39 is 30.0 Å². The van der Waals surface area contributed by atoms with Gasteiger partial charge in [-0.2, -0.15) is 0 Å². The van der Waals surface area contributed by atoms with Gasteiger partial charge in [-0.1, -0.05) is 77.4 Å². The van der Waals surface area contributed by atoms with Gasteiger partial charge in [0.05, 0.1) is 10.9 Å². The van der Waals surface area contributed by atoms with Gasteiger partial charge in [0.25, 0.3) is 15.9 Å². The van der Waals surface area contributed by atoms with Crippen LogP contribution in [-0.4, -0.2) is 32.7 Å². The maximum absolute atomic E-state index is 13.7. The lowest BCUT2D eigenvalue weighted by Gasteiger charge is -2.38. The van der Waals surface area contributed by atoms with Crippen LogP contribution in [0, 0.1) is 18.4 Å². The smallest absolute Gasteiger partial charge is 0.268 e. The Morgan fingerprint density at radius 3 is 2.06 bits per heavy atom. The van der Waals surface area contributed by atoms with Crippen LogP contribution < -0.4 is 0 Å². The van der Waals surface area contributed by atoms with Crippen molar-refractivity contribution in [2.24, 2.45) is 0 Å². The molecule has 182 valence electrons. The van der Waals surface area contributed by atoms with Crippen LogP contribution in [0.4, 0.5) is 0 Å². The van der Waals surface area contributed by atoms with Gasteiger partial charge in [0.2, 0.25) is 0 Å². The van der Waals surface area contributed by atoms with Gasteiger partial charge < -0.3 is 0 Å². The first-order chi connectivity index (χ1) is 15.9. The predicted molar refractivity (Wildman–Crippen MR) is 142 cm³/mol. The number of carbonyl (C=O) groups is 1. The van der Waals surface area contributed by atoms with Crippen molar-refractivity contribution in [1.29, 1.82) is 0 Å². The van der Waals surface area contributed by atoms with Crippen molar-refractivity contribution in [2.45, 2.75) is 88.9 Å². The van der Waals surface area contributed by atoms with Crippen molar-refractivity contribution >= 4 is 24.0 Å². The maximum Gasteiger partial charge on any atom is 0.268 e. The third-order valence-electron chi connectivity index (χ3n) is 7.32. The molecule has 0 N–H and O–H groups in total. The van der Waals surface area contributed by atoms with Gasteiger partial charge in [-0.05, 0) is 53.7 Å². The Hall–Kier alpha value is -2.36. The summed E-state index contributed by atoms with van der Waals surface area (Å²) in [7, 11) is -5.96. The molecule has 1 atom stereocenters. The number of nitrogens with zero attached hydrogens (tertiary/aromatic N) is 1. The summed E-state index contributed by atoms with van der Waals surface area (Å²) in [6.07, 6.45) is 0.813. The highest BCUT2D eigenvalue weighted by Gasteiger charge is 2.43. The van der Waals surface area contributed by atoms with Crippen molar-refractivity contribution in [3.8, 4) is 11.5 Å². The Balaban J connectivity index is 2.07. The molecule has 1 unspecified atom stereocenters. The van der Waals surface area contributed by atoms with Crippen molar-refractivity contribution in [3.05, 3.63) is 65.2 Å². The quantitative estimate of drug-likeness (QED) is 0.346. The highest BCUT2D eigenvalue weighted by Crippen LogP contribution is 2.41. The first-order valence-electron chi connectivity index (χ1n) is 12.2. The van der Waals surface area contributed by atoms with E-state index in [1.807, 2.05) is 19.1 Å². The molecule has 3 rings (SSSR count). The number of carbonyl (C=O) groups excluding carboxylic acids is 1. The Kier molecular flexibility index (Phi) is 7.79. The average Bonchev–Trinajstić information content (AvgIpc) is 2.76. The number of rotatable bonds is 6. The van der Waals surface area contributed by atoms with Crippen molar-refractivity contribution in [1.82, 2.24) is 4.31 Å². The molecule has 1 aliphatic rings. The summed E-state index contributed by atoms with van der Waals surface area (Å²) < 4.78 is 28.5. The average molecular weight is 496 g/mol. The predicted octanol–water partition coefficient (Wildman–Crippen LogP) is 6.36. The number of benzene rings is 2. The van der Waals surface area contributed by atoms with Crippen LogP contribution in [0.3, 0.4) is 0 Å². The molecule has 0 aliphatic carbocycles. The van der Waals surface area contributed by atoms with E-state index >= 15 is 0 Å². The molecule has 1 aliphatic heterocycles. The van der Waals surface area contributed by atoms with E-state index in [1.54, 1.807) is 36.4 Å². The summed E-state index contributed by atoms with van der Waals surface area (Å²) in [4.78, 5) is 13.6. The summed E-state index contributed by atoms with van der Waals surface area (Å²) in [6.45, 7) is 15.5. The lowest BCUT2D eigenvalue weighted by Crippen LogP contribution is -2.49. The largest absolute Gasteiger partial charge is 0.268 e. The molecule has 0 aromatic heterocycles. The van der Waals surface area contributed by atoms with Gasteiger partial charge in [0.1, 0.15) is 8.07 Å². The van der Waals surface area contributed by atoms with Crippen molar-refractivity contribution in [2.75, 3.05) is 0 Å². The second-order valence-electron chi connectivity index (χ2n) is 10.3. The Morgan fingerprint density at radius 1 is 0.941 bits per heavy atom. The molecule has 4 nitrogen and oxygen atoms in total. The summed E-state index contributed by atoms with van der Waals surface area (Å²) in [5.74, 6) is 2.94. The third-order valence-corrected chi connectivity index (χ3v) is 15.5. The minimum Gasteiger partial charge on any atom is -0.268 e. The van der Waals surface area contributed by atoms with Gasteiger partial charge in [0.15, 0.2) is 0 Å². The van der Waals surface area contributed by atoms with E-state index in [0.717, 1.165) is 15.4 Å². The summed E-state index contributed by atoms with van der Waals surface area (Å²) in [5.41, 5.74) is 7.46. The molecule has 0 bridgehead atoms. The molecule has 0 fully saturated rings. The molecule has 2 aromatic carbocycles. The standard InChI is InChI=1S/C28H37NO3SSi/c1-20(2)34(21(3)4,22(5)6)18-10-12-25-19-24-11-8-9-13-27(24)28(30)29(25)33(31,32)26-16-14-23(7)15-17-26/h8-9,11,13-17,20-22,25H,12,19H2,1-7H3. The number of hydrogen-bond donors (Lipinski definition) is 0. The minimum atomic E-state index is -4.01. The number of fused-ring (bicyclic) bond motifs is 1. The SMILES string of the molecule is Cc1ccc(S(=O)(=O)N2C(=O)c3ccccc3CC2CC#C[Si](C(C)C)(C(C)C)C(C)C)cc1. The van der Waals surface area contributed by atoms with E-state index in [4.69, 9.17) is 0 Å². The summed E-state index contributed by atoms with van der Waals surface area (Å²) in [6, 6.07) is 13.5. The van der Waals surface area contributed by atoms with Crippen LogP contribution >= 0.6 is 0 Å². The summed E-state index contributed by atoms with van der Waals surface area (Å²) in [5, 5.41) is 0. The van der Waals surface area contributed by atoms with Crippen LogP contribution in [0.1, 0.15) is 69.4 Å². The molecular weight excluding hydrogens is 458 g/mol. The van der Waals surface area contributed by atoms with E-state index in [2.05, 4.69) is 53.0 Å². The highest BCUT2D eigenvalue weighted by molar-refractivity contribution is 7.89. The van der Waals surface area contributed by atoms with E-state index in [9.17, 15) is 13.2 Å². The van der Waals surface area contributed by atoms with E-state index in [1.165, 1.54) is 0 Å². The van der Waals surface area contributed by atoms with Gasteiger partial charge >= 0.3 is 0 Å². The Labute approximate surface area is 206 Å². The first kappa shape index (κ1) is 26.2. The number of aryl methyl sites for hydroxylation is 1. The fraction of sp³-hybridized carbons (Fsp3) is 0.464. The van der Waals surface area contributed by atoms with E-state index in [0.29, 0.717) is 35.0 Å². The van der Waals surface area contributed by atoms with Gasteiger partial charge in [-0.25, -0.2) is 12.7 Å². The molecule has 1 amide bonds. The van der Waals surface area contributed by atoms with Gasteiger partial charge in [-0.15, -0.1) is 11.5 Å². The number of amides is 1. The first-order valence-corrected chi connectivity index (χ1v) is 15.8. The number of hydrogen-bond acceptors (Lipinski definition) is 3. The Morgan fingerprint density at radius 2 is 1.50 bits per heavy atom. The van der Waals surface area contributed by atoms with Crippen molar-refractivity contribution < 1.29 is 13.2 Å². The fourth-order valence-corrected chi connectivity index (χ4v) is 12.4. The monoisotopic (exact) mass is 495 g/mol. The highest BCUT2D eigenvalue weighted by atomic mass is 32.2. The molecule has 6 heteroatoms. The minimum absolute atomic E-state index is 0.138. The molecule has 34 heavy (non-hydrogen) atoms. The molecule has 0 radical (unpaired) electrons. The topological polar surface area (TPSA) is 54.5 Å². The van der Waals surface area contributed by atoms with Crippen LogP contribution in [0.15, 0.2) is 53.4 Å². The molecule has 1 heterocycles. The van der Waals surface area contributed by atoms with Crippen LogP contribution in [-0.2, 0) is 16.4 Å². The molecule has 0 saturated carbocycles. The molecular formula is C28H37NO3SSi. The normalized spacial score (nSPS) is 16.6. The molecule has 2 aromatic rings. The summed E-state index contributed by atoms with van der Waals surface area (Å²) >= 11 is 0. The van der Waals surface area contributed by atoms with Crippen LogP contribution in [0.2, 0.25) is 16.6 Å². The van der Waals surface area contributed by atoms with Gasteiger partial charge in [0, 0.05) is 12.0 Å². The zero-order valence-corrected chi connectivity index (χ0v) is 23.2. The second-order valence-corrected chi connectivity index (χ2v) is 17.7. The van der Waals surface area contributed by atoms with Gasteiger partial charge in [-0.3, -0.25) is 4.79 Å². The number of sulfonamides is 1. The zero-order chi connectivity index (χ0) is 25.3. The van der Waals surface area contributed by atoms with Crippen LogP contribution in [0.25, 0.3) is 0 Å². The van der Waals surface area contributed by atoms with Crippen molar-refractivity contribution in [3.63, 3.8) is 0 Å². The maximum atomic E-state index is 13.7. The second kappa shape index (κ2) is 10.1.